The molecule has 16 heavy (non-hydrogen) atoms. The van der Waals surface area contributed by atoms with Gasteiger partial charge in [0, 0.05) is 23.9 Å². The van der Waals surface area contributed by atoms with Crippen molar-refractivity contribution in [2.24, 2.45) is 0 Å². The molecule has 1 aromatic heterocycles. The summed E-state index contributed by atoms with van der Waals surface area (Å²) in [5, 5.41) is 0. The van der Waals surface area contributed by atoms with Gasteiger partial charge in [0.1, 0.15) is 0 Å². The second-order valence-electron chi connectivity index (χ2n) is 4.61. The minimum atomic E-state index is 0.332. The van der Waals surface area contributed by atoms with Gasteiger partial charge in [-0.3, -0.25) is 4.98 Å². The van der Waals surface area contributed by atoms with Crippen molar-refractivity contribution in [3.8, 4) is 0 Å². The van der Waals surface area contributed by atoms with E-state index in [0.717, 1.165) is 18.2 Å². The lowest BCUT2D eigenvalue weighted by molar-refractivity contribution is 0.249. The quantitative estimate of drug-likeness (QED) is 0.771. The number of hydrogen-bond acceptors (Lipinski definition) is 2. The van der Waals surface area contributed by atoms with Crippen LogP contribution in [-0.2, 0) is 0 Å². The van der Waals surface area contributed by atoms with Crippen LogP contribution in [0, 0.1) is 6.92 Å². The third-order valence-corrected chi connectivity index (χ3v) is 3.57. The van der Waals surface area contributed by atoms with E-state index in [1.54, 1.807) is 0 Å². The van der Waals surface area contributed by atoms with E-state index in [1.165, 1.54) is 25.9 Å². The maximum Gasteiger partial charge on any atom is 0.0435 e. The van der Waals surface area contributed by atoms with Gasteiger partial charge in [-0.25, -0.2) is 0 Å². The van der Waals surface area contributed by atoms with E-state index in [1.807, 2.05) is 18.3 Å². The molecule has 1 saturated heterocycles. The average Bonchev–Trinajstić information content (AvgIpc) is 2.77. The molecule has 0 aromatic carbocycles. The lowest BCUT2D eigenvalue weighted by Gasteiger charge is -2.25. The molecule has 2 nitrogen and oxygen atoms in total. The fourth-order valence-electron chi connectivity index (χ4n) is 2.65. The first-order chi connectivity index (χ1) is 7.81. The number of likely N-dealkylation sites (tertiary alicyclic amines) is 1. The summed E-state index contributed by atoms with van der Waals surface area (Å²) in [4.78, 5) is 6.96. The minimum absolute atomic E-state index is 0.332. The van der Waals surface area contributed by atoms with Gasteiger partial charge in [-0.2, -0.15) is 0 Å². The van der Waals surface area contributed by atoms with Crippen LogP contribution in [0.5, 0.6) is 0 Å². The topological polar surface area (TPSA) is 16.1 Å². The molecule has 0 N–H and O–H groups in total. The average molecular weight is 217 g/mol. The Balaban J connectivity index is 1.94. The lowest BCUT2D eigenvalue weighted by atomic mass is 9.96. The first kappa shape index (κ1) is 11.6. The number of hydrogen-bond donors (Lipinski definition) is 0. The Labute approximate surface area is 98.7 Å². The van der Waals surface area contributed by atoms with Gasteiger partial charge in [0.05, 0.1) is 0 Å². The second kappa shape index (κ2) is 5.44. The zero-order valence-corrected chi connectivity index (χ0v) is 10.1. The number of rotatable bonds is 4. The number of pyridine rings is 1. The smallest absolute Gasteiger partial charge is 0.0435 e. The van der Waals surface area contributed by atoms with Gasteiger partial charge in [0.15, 0.2) is 0 Å². The third-order valence-electron chi connectivity index (χ3n) is 3.57. The molecule has 2 heterocycles. The molecule has 2 unspecified atom stereocenters. The standard InChI is InChI=1S/C14H21N2/c1-3-16-10-6-7-13(16)11-12(2)14-8-4-5-9-15-14/h4-5,8-9,12-13H,2-3,6-7,10-11H2,1H3. The van der Waals surface area contributed by atoms with Gasteiger partial charge in [-0.1, -0.05) is 13.0 Å². The lowest BCUT2D eigenvalue weighted by Crippen LogP contribution is -2.30. The van der Waals surface area contributed by atoms with E-state index in [0.29, 0.717) is 5.92 Å². The molecule has 0 saturated carbocycles. The molecule has 2 atom stereocenters. The van der Waals surface area contributed by atoms with Crippen molar-refractivity contribution in [2.75, 3.05) is 13.1 Å². The summed E-state index contributed by atoms with van der Waals surface area (Å²) in [6.07, 6.45) is 5.67. The molecule has 1 aliphatic heterocycles. The van der Waals surface area contributed by atoms with Crippen LogP contribution in [0.4, 0.5) is 0 Å². The van der Waals surface area contributed by atoms with Gasteiger partial charge >= 0.3 is 0 Å². The van der Waals surface area contributed by atoms with E-state index < -0.39 is 0 Å². The summed E-state index contributed by atoms with van der Waals surface area (Å²) in [5.74, 6) is 0.332. The minimum Gasteiger partial charge on any atom is -0.301 e. The summed E-state index contributed by atoms with van der Waals surface area (Å²) < 4.78 is 0. The highest BCUT2D eigenvalue weighted by molar-refractivity contribution is 5.11. The third kappa shape index (κ3) is 2.62. The first-order valence-corrected chi connectivity index (χ1v) is 6.29. The Morgan fingerprint density at radius 1 is 1.56 bits per heavy atom. The molecule has 1 fully saturated rings. The van der Waals surface area contributed by atoms with E-state index >= 15 is 0 Å². The van der Waals surface area contributed by atoms with Crippen LogP contribution in [0.15, 0.2) is 24.4 Å². The SMILES string of the molecule is [CH2]C(CC1CCCN1CC)c1ccccn1. The van der Waals surface area contributed by atoms with Crippen LogP contribution in [0.3, 0.4) is 0 Å². The van der Waals surface area contributed by atoms with Gasteiger partial charge < -0.3 is 4.90 Å². The number of aromatic nitrogens is 1. The summed E-state index contributed by atoms with van der Waals surface area (Å²) >= 11 is 0. The Morgan fingerprint density at radius 3 is 3.12 bits per heavy atom. The van der Waals surface area contributed by atoms with Crippen LogP contribution in [-0.4, -0.2) is 29.0 Å². The predicted octanol–water partition coefficient (Wildman–Crippen LogP) is 2.87. The normalized spacial score (nSPS) is 23.5. The van der Waals surface area contributed by atoms with E-state index in [2.05, 4.69) is 29.8 Å². The Kier molecular flexibility index (Phi) is 3.94. The van der Waals surface area contributed by atoms with Gasteiger partial charge in [0.2, 0.25) is 0 Å². The van der Waals surface area contributed by atoms with Gasteiger partial charge in [-0.05, 0) is 51.4 Å². The van der Waals surface area contributed by atoms with Crippen molar-refractivity contribution < 1.29 is 0 Å². The van der Waals surface area contributed by atoms with Crippen molar-refractivity contribution in [1.29, 1.82) is 0 Å². The molecule has 2 heteroatoms. The Hall–Kier alpha value is -0.890. The summed E-state index contributed by atoms with van der Waals surface area (Å²) in [5.41, 5.74) is 1.13. The molecule has 87 valence electrons. The van der Waals surface area contributed by atoms with Crippen molar-refractivity contribution in [3.05, 3.63) is 37.0 Å². The van der Waals surface area contributed by atoms with E-state index in [-0.39, 0.29) is 0 Å². The molecule has 1 radical (unpaired) electrons. The van der Waals surface area contributed by atoms with Crippen LogP contribution in [0.2, 0.25) is 0 Å². The number of nitrogens with zero attached hydrogens (tertiary/aromatic N) is 2. The summed E-state index contributed by atoms with van der Waals surface area (Å²) in [6.45, 7) is 8.92. The maximum atomic E-state index is 4.39. The highest BCUT2D eigenvalue weighted by Gasteiger charge is 2.25. The van der Waals surface area contributed by atoms with Crippen LogP contribution < -0.4 is 0 Å². The van der Waals surface area contributed by atoms with Gasteiger partial charge in [0.25, 0.3) is 0 Å². The Morgan fingerprint density at radius 2 is 2.44 bits per heavy atom. The molecule has 1 aliphatic rings. The van der Waals surface area contributed by atoms with Crippen molar-refractivity contribution in [3.63, 3.8) is 0 Å². The predicted molar refractivity (Wildman–Crippen MR) is 67.2 cm³/mol. The zero-order valence-electron chi connectivity index (χ0n) is 10.1. The highest BCUT2D eigenvalue weighted by atomic mass is 15.2. The molecule has 2 rings (SSSR count). The zero-order chi connectivity index (χ0) is 11.4. The summed E-state index contributed by atoms with van der Waals surface area (Å²) in [6, 6.07) is 6.81. The fraction of sp³-hybridized carbons (Fsp3) is 0.571. The van der Waals surface area contributed by atoms with E-state index in [9.17, 15) is 0 Å². The van der Waals surface area contributed by atoms with E-state index in [4.69, 9.17) is 0 Å². The molecule has 1 aromatic rings. The molecular weight excluding hydrogens is 196 g/mol. The maximum absolute atomic E-state index is 4.39. The monoisotopic (exact) mass is 217 g/mol. The fourth-order valence-corrected chi connectivity index (χ4v) is 2.65. The highest BCUT2D eigenvalue weighted by Crippen LogP contribution is 2.26. The molecule has 0 aliphatic carbocycles. The molecule has 0 bridgehead atoms. The second-order valence-corrected chi connectivity index (χ2v) is 4.61. The molecule has 0 spiro atoms. The van der Waals surface area contributed by atoms with Gasteiger partial charge in [-0.15, -0.1) is 0 Å². The Bertz CT molecular complexity index is 310. The summed E-state index contributed by atoms with van der Waals surface area (Å²) in [7, 11) is 0. The van der Waals surface area contributed by atoms with Crippen molar-refractivity contribution in [2.45, 2.75) is 38.1 Å². The van der Waals surface area contributed by atoms with Crippen molar-refractivity contribution >= 4 is 0 Å². The van der Waals surface area contributed by atoms with Crippen LogP contribution in [0.25, 0.3) is 0 Å². The van der Waals surface area contributed by atoms with Crippen LogP contribution in [0.1, 0.15) is 37.8 Å². The van der Waals surface area contributed by atoms with Crippen molar-refractivity contribution in [1.82, 2.24) is 9.88 Å². The first-order valence-electron chi connectivity index (χ1n) is 6.29. The largest absolute Gasteiger partial charge is 0.301 e. The molecular formula is C14H21N2. The molecule has 0 amide bonds. The van der Waals surface area contributed by atoms with Crippen LogP contribution >= 0.6 is 0 Å².